The van der Waals surface area contributed by atoms with Crippen molar-refractivity contribution < 1.29 is 19.4 Å². The summed E-state index contributed by atoms with van der Waals surface area (Å²) in [4.78, 5) is 24.1. The first kappa shape index (κ1) is 11.0. The average molecular weight is 225 g/mol. The fraction of sp³-hybridized carbons (Fsp3) is 0.636. The van der Waals surface area contributed by atoms with Crippen LogP contribution in [0.2, 0.25) is 0 Å². The van der Waals surface area contributed by atoms with Crippen LogP contribution in [-0.4, -0.2) is 41.3 Å². The molecule has 16 heavy (non-hydrogen) atoms. The van der Waals surface area contributed by atoms with Gasteiger partial charge in [0.1, 0.15) is 12.6 Å². The number of carbonyl (C=O) groups excluding carboxylic acids is 1. The maximum atomic E-state index is 11.6. The summed E-state index contributed by atoms with van der Waals surface area (Å²) in [6.07, 6.45) is 2.73. The van der Waals surface area contributed by atoms with Gasteiger partial charge in [-0.15, -0.1) is 0 Å². The number of likely N-dealkylation sites (tertiary alicyclic amines) is 1. The Kier molecular flexibility index (Phi) is 2.85. The molecule has 2 rings (SSSR count). The Bertz CT molecular complexity index is 328. The highest BCUT2D eigenvalue weighted by molar-refractivity contribution is 5.81. The number of aliphatic carboxylic acids is 1. The molecule has 3 atom stereocenters. The summed E-state index contributed by atoms with van der Waals surface area (Å²) in [5.74, 6) is -0.310. The summed E-state index contributed by atoms with van der Waals surface area (Å²) in [5, 5.41) is 9.11. The molecular weight excluding hydrogens is 210 g/mol. The summed E-state index contributed by atoms with van der Waals surface area (Å²) in [7, 11) is 0. The molecule has 0 bridgehead atoms. The number of amides is 1. The lowest BCUT2D eigenvalue weighted by Gasteiger charge is -2.31. The van der Waals surface area contributed by atoms with Crippen LogP contribution in [-0.2, 0) is 9.53 Å². The van der Waals surface area contributed by atoms with E-state index in [1.807, 2.05) is 0 Å². The SMILES string of the molecule is C=CCOC(=O)N1CC[C@@H]2C[C@@H]2[C@H]1C(=O)O. The fourth-order valence-corrected chi connectivity index (χ4v) is 2.40. The number of carboxylic acid groups (broad SMARTS) is 1. The summed E-state index contributed by atoms with van der Waals surface area (Å²) < 4.78 is 4.88. The zero-order valence-corrected chi connectivity index (χ0v) is 8.96. The van der Waals surface area contributed by atoms with Crippen molar-refractivity contribution in [2.75, 3.05) is 13.2 Å². The predicted molar refractivity (Wildman–Crippen MR) is 55.9 cm³/mol. The Morgan fingerprint density at radius 2 is 2.31 bits per heavy atom. The maximum absolute atomic E-state index is 11.6. The minimum absolute atomic E-state index is 0.121. The number of piperidine rings is 1. The van der Waals surface area contributed by atoms with E-state index in [4.69, 9.17) is 9.84 Å². The van der Waals surface area contributed by atoms with Gasteiger partial charge in [-0.2, -0.15) is 0 Å². The third-order valence-electron chi connectivity index (χ3n) is 3.27. The molecule has 5 heteroatoms. The third-order valence-corrected chi connectivity index (χ3v) is 3.27. The van der Waals surface area contributed by atoms with Crippen molar-refractivity contribution in [1.82, 2.24) is 4.90 Å². The zero-order valence-electron chi connectivity index (χ0n) is 8.96. The monoisotopic (exact) mass is 225 g/mol. The largest absolute Gasteiger partial charge is 0.480 e. The van der Waals surface area contributed by atoms with Crippen LogP contribution in [0.25, 0.3) is 0 Å². The van der Waals surface area contributed by atoms with Gasteiger partial charge < -0.3 is 9.84 Å². The molecule has 1 saturated carbocycles. The van der Waals surface area contributed by atoms with Gasteiger partial charge in [-0.1, -0.05) is 12.7 Å². The first-order chi connectivity index (χ1) is 7.65. The van der Waals surface area contributed by atoms with E-state index >= 15 is 0 Å². The van der Waals surface area contributed by atoms with E-state index in [1.54, 1.807) is 0 Å². The van der Waals surface area contributed by atoms with Gasteiger partial charge in [0.2, 0.25) is 0 Å². The summed E-state index contributed by atoms with van der Waals surface area (Å²) in [5.41, 5.74) is 0. The molecule has 2 aliphatic rings. The van der Waals surface area contributed by atoms with E-state index in [1.165, 1.54) is 11.0 Å². The minimum atomic E-state index is -0.928. The van der Waals surface area contributed by atoms with Crippen LogP contribution in [0.3, 0.4) is 0 Å². The van der Waals surface area contributed by atoms with Crippen LogP contribution in [0, 0.1) is 11.8 Å². The molecule has 88 valence electrons. The Morgan fingerprint density at radius 3 is 2.94 bits per heavy atom. The highest BCUT2D eigenvalue weighted by Crippen LogP contribution is 2.48. The molecule has 0 unspecified atom stereocenters. The topological polar surface area (TPSA) is 66.8 Å². The second-order valence-corrected chi connectivity index (χ2v) is 4.29. The van der Waals surface area contributed by atoms with Gasteiger partial charge in [-0.25, -0.2) is 9.59 Å². The molecule has 1 N–H and O–H groups in total. The molecule has 1 aliphatic heterocycles. The van der Waals surface area contributed by atoms with E-state index < -0.39 is 18.1 Å². The Balaban J connectivity index is 2.03. The van der Waals surface area contributed by atoms with E-state index in [0.29, 0.717) is 12.5 Å². The van der Waals surface area contributed by atoms with E-state index in [0.717, 1.165) is 12.8 Å². The maximum Gasteiger partial charge on any atom is 0.410 e. The molecule has 0 aromatic rings. The van der Waals surface area contributed by atoms with Crippen molar-refractivity contribution >= 4 is 12.1 Å². The van der Waals surface area contributed by atoms with Crippen molar-refractivity contribution in [3.63, 3.8) is 0 Å². The quantitative estimate of drug-likeness (QED) is 0.730. The first-order valence-corrected chi connectivity index (χ1v) is 5.42. The molecule has 0 aromatic carbocycles. The van der Waals surface area contributed by atoms with Gasteiger partial charge >= 0.3 is 12.1 Å². The fourth-order valence-electron chi connectivity index (χ4n) is 2.40. The number of rotatable bonds is 3. The van der Waals surface area contributed by atoms with Gasteiger partial charge in [0.05, 0.1) is 0 Å². The number of ether oxygens (including phenoxy) is 1. The molecule has 1 amide bonds. The van der Waals surface area contributed by atoms with Gasteiger partial charge in [0, 0.05) is 6.54 Å². The number of fused-ring (bicyclic) bond motifs is 1. The van der Waals surface area contributed by atoms with Crippen LogP contribution in [0.4, 0.5) is 4.79 Å². The summed E-state index contributed by atoms with van der Waals surface area (Å²) in [6, 6.07) is -0.698. The van der Waals surface area contributed by atoms with Gasteiger partial charge in [-0.05, 0) is 24.7 Å². The minimum Gasteiger partial charge on any atom is -0.480 e. The highest BCUT2D eigenvalue weighted by atomic mass is 16.6. The lowest BCUT2D eigenvalue weighted by molar-refractivity contribution is -0.144. The van der Waals surface area contributed by atoms with Crippen LogP contribution in [0.5, 0.6) is 0 Å². The number of hydrogen-bond donors (Lipinski definition) is 1. The van der Waals surface area contributed by atoms with Crippen molar-refractivity contribution in [3.05, 3.63) is 12.7 Å². The molecular formula is C11H15NO4. The third kappa shape index (κ3) is 1.89. The molecule has 1 aliphatic carbocycles. The summed E-state index contributed by atoms with van der Waals surface area (Å²) in [6.45, 7) is 4.04. The normalized spacial score (nSPS) is 31.5. The van der Waals surface area contributed by atoms with Crippen LogP contribution < -0.4 is 0 Å². The van der Waals surface area contributed by atoms with E-state index in [9.17, 15) is 9.59 Å². The van der Waals surface area contributed by atoms with E-state index in [-0.39, 0.29) is 12.5 Å². The molecule has 1 saturated heterocycles. The lowest BCUT2D eigenvalue weighted by Crippen LogP contribution is -2.49. The molecule has 5 nitrogen and oxygen atoms in total. The zero-order chi connectivity index (χ0) is 11.7. The van der Waals surface area contributed by atoms with Crippen molar-refractivity contribution in [3.8, 4) is 0 Å². The number of carboxylic acids is 1. The molecule has 2 fully saturated rings. The average Bonchev–Trinajstić information content (AvgIpc) is 3.02. The predicted octanol–water partition coefficient (Wildman–Crippen LogP) is 1.10. The van der Waals surface area contributed by atoms with Gasteiger partial charge in [-0.3, -0.25) is 4.90 Å². The molecule has 0 radical (unpaired) electrons. The molecule has 0 spiro atoms. The Labute approximate surface area is 93.7 Å². The highest BCUT2D eigenvalue weighted by Gasteiger charge is 2.53. The Morgan fingerprint density at radius 1 is 1.56 bits per heavy atom. The molecule has 0 aromatic heterocycles. The van der Waals surface area contributed by atoms with Crippen LogP contribution in [0.1, 0.15) is 12.8 Å². The van der Waals surface area contributed by atoms with Crippen molar-refractivity contribution in [1.29, 1.82) is 0 Å². The standard InChI is InChI=1S/C11H15NO4/c1-2-5-16-11(15)12-4-3-7-6-8(7)9(12)10(13)14/h2,7-9H,1,3-6H2,(H,13,14)/t7-,8+,9+/m1/s1. The first-order valence-electron chi connectivity index (χ1n) is 5.42. The van der Waals surface area contributed by atoms with Gasteiger partial charge in [0.25, 0.3) is 0 Å². The number of carbonyl (C=O) groups is 2. The van der Waals surface area contributed by atoms with Crippen molar-refractivity contribution in [2.45, 2.75) is 18.9 Å². The van der Waals surface area contributed by atoms with Crippen LogP contribution >= 0.6 is 0 Å². The molecule has 1 heterocycles. The lowest BCUT2D eigenvalue weighted by atomic mass is 10.0. The van der Waals surface area contributed by atoms with Crippen molar-refractivity contribution in [2.24, 2.45) is 11.8 Å². The van der Waals surface area contributed by atoms with Gasteiger partial charge in [0.15, 0.2) is 0 Å². The van der Waals surface area contributed by atoms with Crippen LogP contribution in [0.15, 0.2) is 12.7 Å². The smallest absolute Gasteiger partial charge is 0.410 e. The summed E-state index contributed by atoms with van der Waals surface area (Å²) >= 11 is 0. The number of hydrogen-bond acceptors (Lipinski definition) is 3. The Hall–Kier alpha value is -1.52. The second kappa shape index (κ2) is 4.15. The number of nitrogens with zero attached hydrogens (tertiary/aromatic N) is 1. The second-order valence-electron chi connectivity index (χ2n) is 4.29. The van der Waals surface area contributed by atoms with E-state index in [2.05, 4.69) is 6.58 Å².